The molecule has 0 aromatic heterocycles. The van der Waals surface area contributed by atoms with Gasteiger partial charge < -0.3 is 10.2 Å². The predicted molar refractivity (Wildman–Crippen MR) is 72.2 cm³/mol. The first-order valence-corrected chi connectivity index (χ1v) is 7.70. The van der Waals surface area contributed by atoms with E-state index in [0.29, 0.717) is 17.2 Å². The lowest BCUT2D eigenvalue weighted by Gasteiger charge is -2.36. The van der Waals surface area contributed by atoms with Crippen molar-refractivity contribution in [3.63, 3.8) is 0 Å². The summed E-state index contributed by atoms with van der Waals surface area (Å²) < 4.78 is 0. The van der Waals surface area contributed by atoms with Gasteiger partial charge in [-0.3, -0.25) is 4.79 Å². The first-order chi connectivity index (χ1) is 8.70. The maximum absolute atomic E-state index is 12.5. The van der Waals surface area contributed by atoms with Crippen molar-refractivity contribution < 1.29 is 4.79 Å². The molecule has 1 aliphatic carbocycles. The number of likely N-dealkylation sites (tertiary alicyclic amines) is 1. The topological polar surface area (TPSA) is 32.3 Å². The second-order valence-corrected chi connectivity index (χ2v) is 6.78. The van der Waals surface area contributed by atoms with Crippen molar-refractivity contribution in [2.75, 3.05) is 26.2 Å². The highest BCUT2D eigenvalue weighted by molar-refractivity contribution is 5.79. The maximum atomic E-state index is 12.5. The third-order valence-electron chi connectivity index (χ3n) is 5.57. The molecule has 3 rings (SSSR count). The number of amides is 1. The zero-order chi connectivity index (χ0) is 12.6. The van der Waals surface area contributed by atoms with E-state index in [9.17, 15) is 4.79 Å². The monoisotopic (exact) mass is 250 g/mol. The summed E-state index contributed by atoms with van der Waals surface area (Å²) >= 11 is 0. The van der Waals surface area contributed by atoms with Gasteiger partial charge in [-0.05, 0) is 43.7 Å². The fourth-order valence-electron chi connectivity index (χ4n) is 3.99. The molecule has 0 aromatic carbocycles. The molecule has 1 atom stereocenters. The number of hydrogen-bond donors (Lipinski definition) is 1. The van der Waals surface area contributed by atoms with Gasteiger partial charge in [0.15, 0.2) is 0 Å². The van der Waals surface area contributed by atoms with Crippen LogP contribution in [0.25, 0.3) is 0 Å². The molecule has 18 heavy (non-hydrogen) atoms. The lowest BCUT2D eigenvalue weighted by molar-refractivity contribution is -0.136. The first kappa shape index (κ1) is 12.5. The number of rotatable bonds is 2. The Morgan fingerprint density at radius 2 is 1.94 bits per heavy atom. The minimum absolute atomic E-state index is 0.227. The van der Waals surface area contributed by atoms with Crippen molar-refractivity contribution in [1.82, 2.24) is 10.2 Å². The number of nitrogens with one attached hydrogen (secondary N) is 1. The quantitative estimate of drug-likeness (QED) is 0.813. The van der Waals surface area contributed by atoms with Gasteiger partial charge in [-0.2, -0.15) is 0 Å². The van der Waals surface area contributed by atoms with E-state index in [1.165, 1.54) is 38.5 Å². The fourth-order valence-corrected chi connectivity index (χ4v) is 3.99. The van der Waals surface area contributed by atoms with Crippen LogP contribution in [0.1, 0.15) is 45.4 Å². The van der Waals surface area contributed by atoms with Crippen LogP contribution in [0.4, 0.5) is 0 Å². The van der Waals surface area contributed by atoms with E-state index in [0.717, 1.165) is 26.2 Å². The third kappa shape index (κ3) is 2.18. The van der Waals surface area contributed by atoms with Crippen LogP contribution < -0.4 is 5.32 Å². The molecule has 3 aliphatic rings. The molecule has 2 saturated heterocycles. The molecule has 1 amide bonds. The van der Waals surface area contributed by atoms with Gasteiger partial charge in [-0.15, -0.1) is 0 Å². The molecular weight excluding hydrogens is 224 g/mol. The Morgan fingerprint density at radius 1 is 1.22 bits per heavy atom. The van der Waals surface area contributed by atoms with E-state index in [2.05, 4.69) is 17.1 Å². The first-order valence-electron chi connectivity index (χ1n) is 7.70. The van der Waals surface area contributed by atoms with Crippen LogP contribution in [-0.4, -0.2) is 37.0 Å². The molecule has 3 fully saturated rings. The van der Waals surface area contributed by atoms with Crippen LogP contribution in [0.3, 0.4) is 0 Å². The van der Waals surface area contributed by atoms with Crippen LogP contribution in [0, 0.1) is 17.3 Å². The summed E-state index contributed by atoms with van der Waals surface area (Å²) in [6, 6.07) is 0. The number of hydrogen-bond acceptors (Lipinski definition) is 2. The largest absolute Gasteiger partial charge is 0.342 e. The molecule has 0 aromatic rings. The van der Waals surface area contributed by atoms with E-state index in [-0.39, 0.29) is 5.92 Å². The van der Waals surface area contributed by atoms with Crippen molar-refractivity contribution in [2.45, 2.75) is 45.4 Å². The SMILES string of the molecule is CC(C(=O)N1CCC2(CCCCC2)C1)C1CNC1. The van der Waals surface area contributed by atoms with E-state index in [1.54, 1.807) is 0 Å². The number of carbonyl (C=O) groups excluding carboxylic acids is 1. The van der Waals surface area contributed by atoms with Gasteiger partial charge in [0.2, 0.25) is 5.91 Å². The number of nitrogens with zero attached hydrogens (tertiary/aromatic N) is 1. The smallest absolute Gasteiger partial charge is 0.225 e. The predicted octanol–water partition coefficient (Wildman–Crippen LogP) is 2.02. The Labute approximate surface area is 110 Å². The third-order valence-corrected chi connectivity index (χ3v) is 5.57. The maximum Gasteiger partial charge on any atom is 0.225 e. The van der Waals surface area contributed by atoms with E-state index < -0.39 is 0 Å². The molecule has 102 valence electrons. The van der Waals surface area contributed by atoms with Crippen LogP contribution in [0.15, 0.2) is 0 Å². The Hall–Kier alpha value is -0.570. The van der Waals surface area contributed by atoms with Crippen LogP contribution in [0.2, 0.25) is 0 Å². The molecule has 3 heteroatoms. The second kappa shape index (κ2) is 4.84. The van der Waals surface area contributed by atoms with Gasteiger partial charge in [0.05, 0.1) is 0 Å². The Kier molecular flexibility index (Phi) is 3.35. The van der Waals surface area contributed by atoms with Gasteiger partial charge >= 0.3 is 0 Å². The van der Waals surface area contributed by atoms with Crippen LogP contribution in [0.5, 0.6) is 0 Å². The highest BCUT2D eigenvalue weighted by atomic mass is 16.2. The summed E-state index contributed by atoms with van der Waals surface area (Å²) in [5.41, 5.74) is 0.505. The zero-order valence-corrected chi connectivity index (χ0v) is 11.6. The summed E-state index contributed by atoms with van der Waals surface area (Å²) in [6.07, 6.45) is 8.13. The summed E-state index contributed by atoms with van der Waals surface area (Å²) in [4.78, 5) is 14.7. The highest BCUT2D eigenvalue weighted by Crippen LogP contribution is 2.44. The van der Waals surface area contributed by atoms with Crippen LogP contribution >= 0.6 is 0 Å². The van der Waals surface area contributed by atoms with Crippen molar-refractivity contribution in [3.8, 4) is 0 Å². The lowest BCUT2D eigenvalue weighted by Crippen LogP contribution is -2.50. The average molecular weight is 250 g/mol. The van der Waals surface area contributed by atoms with E-state index in [4.69, 9.17) is 0 Å². The zero-order valence-electron chi connectivity index (χ0n) is 11.6. The second-order valence-electron chi connectivity index (χ2n) is 6.78. The Morgan fingerprint density at radius 3 is 2.56 bits per heavy atom. The van der Waals surface area contributed by atoms with E-state index >= 15 is 0 Å². The molecule has 1 unspecified atom stereocenters. The molecule has 2 heterocycles. The lowest BCUT2D eigenvalue weighted by atomic mass is 9.73. The molecular formula is C15H26N2O. The normalized spacial score (nSPS) is 29.3. The molecule has 2 aliphatic heterocycles. The standard InChI is InChI=1S/C15H26N2O/c1-12(13-9-16-10-13)14(18)17-8-7-15(11-17)5-3-2-4-6-15/h12-13,16H,2-11H2,1H3. The molecule has 1 N–H and O–H groups in total. The molecule has 0 radical (unpaired) electrons. The van der Waals surface area contributed by atoms with Gasteiger partial charge in [0.25, 0.3) is 0 Å². The van der Waals surface area contributed by atoms with Crippen molar-refractivity contribution in [2.24, 2.45) is 17.3 Å². The summed E-state index contributed by atoms with van der Waals surface area (Å²) in [6.45, 7) is 6.26. The highest BCUT2D eigenvalue weighted by Gasteiger charge is 2.42. The Balaban J connectivity index is 1.58. The average Bonchev–Trinajstić information content (AvgIpc) is 2.71. The van der Waals surface area contributed by atoms with Crippen LogP contribution in [-0.2, 0) is 4.79 Å². The minimum Gasteiger partial charge on any atom is -0.342 e. The summed E-state index contributed by atoms with van der Waals surface area (Å²) in [5, 5.41) is 3.27. The van der Waals surface area contributed by atoms with Crippen molar-refractivity contribution in [1.29, 1.82) is 0 Å². The molecule has 1 spiro atoms. The molecule has 1 saturated carbocycles. The fraction of sp³-hybridized carbons (Fsp3) is 0.933. The molecule has 3 nitrogen and oxygen atoms in total. The Bertz CT molecular complexity index is 318. The van der Waals surface area contributed by atoms with E-state index in [1.807, 2.05) is 0 Å². The molecule has 0 bridgehead atoms. The summed E-state index contributed by atoms with van der Waals surface area (Å²) in [5.74, 6) is 1.23. The van der Waals surface area contributed by atoms with Gasteiger partial charge in [-0.25, -0.2) is 0 Å². The summed E-state index contributed by atoms with van der Waals surface area (Å²) in [7, 11) is 0. The van der Waals surface area contributed by atoms with Crippen molar-refractivity contribution >= 4 is 5.91 Å². The van der Waals surface area contributed by atoms with Gasteiger partial charge in [0.1, 0.15) is 0 Å². The van der Waals surface area contributed by atoms with Crippen molar-refractivity contribution in [3.05, 3.63) is 0 Å². The van der Waals surface area contributed by atoms with Gasteiger partial charge in [0, 0.05) is 19.0 Å². The minimum atomic E-state index is 0.227. The van der Waals surface area contributed by atoms with Gasteiger partial charge in [-0.1, -0.05) is 26.2 Å². The number of carbonyl (C=O) groups is 1.